The number of likely N-dealkylation sites (tertiary alicyclic amines) is 1. The molecule has 2 aromatic carbocycles. The highest BCUT2D eigenvalue weighted by molar-refractivity contribution is 5.94. The van der Waals surface area contributed by atoms with Crippen molar-refractivity contribution < 1.29 is 19.7 Å². The number of para-hydroxylation sites is 1. The Labute approximate surface area is 220 Å². The average molecular weight is 508 g/mol. The first kappa shape index (κ1) is 25.9. The van der Waals surface area contributed by atoms with Crippen molar-refractivity contribution in [1.82, 2.24) is 10.2 Å². The minimum Gasteiger partial charge on any atom is -0.504 e. The van der Waals surface area contributed by atoms with Crippen LogP contribution in [-0.4, -0.2) is 73.0 Å². The fourth-order valence-corrected chi connectivity index (χ4v) is 6.22. The highest BCUT2D eigenvalue weighted by atomic mass is 16.5. The molecule has 2 saturated heterocycles. The van der Waals surface area contributed by atoms with E-state index in [4.69, 9.17) is 4.74 Å². The van der Waals surface area contributed by atoms with Crippen molar-refractivity contribution in [3.8, 4) is 11.5 Å². The van der Waals surface area contributed by atoms with Crippen molar-refractivity contribution in [2.45, 2.75) is 56.9 Å². The number of carbonyl (C=O) groups is 1. The molecule has 2 heterocycles. The Hall–Kier alpha value is -2.77. The summed E-state index contributed by atoms with van der Waals surface area (Å²) < 4.78 is 5.42. The second kappa shape index (κ2) is 12.2. The summed E-state index contributed by atoms with van der Waals surface area (Å²) in [7, 11) is 0. The summed E-state index contributed by atoms with van der Waals surface area (Å²) in [5.41, 5.74) is 2.77. The van der Waals surface area contributed by atoms with E-state index in [1.165, 1.54) is 25.3 Å². The fraction of sp³-hybridized carbons (Fsp3) is 0.567. The van der Waals surface area contributed by atoms with Crippen LogP contribution in [0.5, 0.6) is 11.5 Å². The number of piperidine rings is 1. The van der Waals surface area contributed by atoms with E-state index < -0.39 is 0 Å². The predicted molar refractivity (Wildman–Crippen MR) is 145 cm³/mol. The fourth-order valence-electron chi connectivity index (χ4n) is 6.22. The van der Waals surface area contributed by atoms with Gasteiger partial charge in [-0.3, -0.25) is 4.79 Å². The molecule has 2 aliphatic heterocycles. The van der Waals surface area contributed by atoms with Crippen LogP contribution < -0.4 is 10.2 Å². The SMILES string of the molecule is O=C(NC1CCC(CCN2CCC(c3cccc(O)c3O)CC2)CC1)c1ccc(N2CCOCC2)cc1. The molecule has 0 atom stereocenters. The normalized spacial score (nSPS) is 23.6. The summed E-state index contributed by atoms with van der Waals surface area (Å²) in [5, 5.41) is 23.3. The van der Waals surface area contributed by atoms with Crippen LogP contribution in [0.1, 0.15) is 66.8 Å². The zero-order valence-corrected chi connectivity index (χ0v) is 21.8. The number of phenols is 2. The maximum absolute atomic E-state index is 12.8. The molecule has 3 N–H and O–H groups in total. The van der Waals surface area contributed by atoms with Gasteiger partial charge in [-0.25, -0.2) is 0 Å². The number of aromatic hydroxyl groups is 2. The van der Waals surface area contributed by atoms with Crippen LogP contribution in [-0.2, 0) is 4.74 Å². The molecule has 3 fully saturated rings. The van der Waals surface area contributed by atoms with Gasteiger partial charge in [-0.1, -0.05) is 12.1 Å². The maximum atomic E-state index is 12.8. The Morgan fingerprint density at radius 1 is 0.892 bits per heavy atom. The summed E-state index contributed by atoms with van der Waals surface area (Å²) >= 11 is 0. The van der Waals surface area contributed by atoms with Crippen molar-refractivity contribution in [3.05, 3.63) is 53.6 Å². The number of hydrogen-bond donors (Lipinski definition) is 3. The third-order valence-electron chi connectivity index (χ3n) is 8.61. The number of benzene rings is 2. The molecule has 3 aliphatic rings. The van der Waals surface area contributed by atoms with Crippen LogP contribution in [0.25, 0.3) is 0 Å². The van der Waals surface area contributed by atoms with Crippen LogP contribution in [0.4, 0.5) is 5.69 Å². The van der Waals surface area contributed by atoms with Gasteiger partial charge < -0.3 is 30.1 Å². The molecule has 0 bridgehead atoms. The smallest absolute Gasteiger partial charge is 0.251 e. The van der Waals surface area contributed by atoms with E-state index in [0.29, 0.717) is 5.92 Å². The van der Waals surface area contributed by atoms with E-state index >= 15 is 0 Å². The molecule has 1 amide bonds. The lowest BCUT2D eigenvalue weighted by molar-refractivity contribution is 0.0919. The summed E-state index contributed by atoms with van der Waals surface area (Å²) in [5.74, 6) is 1.12. The van der Waals surface area contributed by atoms with Gasteiger partial charge in [-0.2, -0.15) is 0 Å². The van der Waals surface area contributed by atoms with E-state index in [-0.39, 0.29) is 23.4 Å². The molecule has 1 aliphatic carbocycles. The quantitative estimate of drug-likeness (QED) is 0.479. The van der Waals surface area contributed by atoms with E-state index in [1.54, 1.807) is 0 Å². The Morgan fingerprint density at radius 2 is 1.59 bits per heavy atom. The van der Waals surface area contributed by atoms with Crippen molar-refractivity contribution >= 4 is 11.6 Å². The molecule has 7 heteroatoms. The summed E-state index contributed by atoms with van der Waals surface area (Å²) in [6.07, 6.45) is 7.71. The Balaban J connectivity index is 1.00. The third-order valence-corrected chi connectivity index (χ3v) is 8.61. The number of amides is 1. The van der Waals surface area contributed by atoms with E-state index in [0.717, 1.165) is 94.4 Å². The summed E-state index contributed by atoms with van der Waals surface area (Å²) in [6.45, 7) is 6.51. The second-order valence-electron chi connectivity index (χ2n) is 11.0. The summed E-state index contributed by atoms with van der Waals surface area (Å²) in [4.78, 5) is 17.6. The van der Waals surface area contributed by atoms with Crippen LogP contribution in [0.3, 0.4) is 0 Å². The Bertz CT molecular complexity index is 1020. The monoisotopic (exact) mass is 507 g/mol. The zero-order chi connectivity index (χ0) is 25.6. The molecular weight excluding hydrogens is 466 g/mol. The van der Waals surface area contributed by atoms with Gasteiger partial charge in [0.1, 0.15) is 0 Å². The average Bonchev–Trinajstić information content (AvgIpc) is 2.95. The first-order valence-corrected chi connectivity index (χ1v) is 14.0. The number of nitrogens with one attached hydrogen (secondary N) is 1. The molecule has 5 rings (SSSR count). The number of phenolic OH excluding ortho intramolecular Hbond substituents is 2. The molecule has 0 unspecified atom stereocenters. The number of hydrogen-bond acceptors (Lipinski definition) is 6. The lowest BCUT2D eigenvalue weighted by atomic mass is 9.83. The van der Waals surface area contributed by atoms with Gasteiger partial charge in [-0.05, 0) is 107 Å². The van der Waals surface area contributed by atoms with Gasteiger partial charge in [0.25, 0.3) is 5.91 Å². The van der Waals surface area contributed by atoms with Crippen molar-refractivity contribution in [2.75, 3.05) is 50.8 Å². The van der Waals surface area contributed by atoms with Crippen LogP contribution in [0, 0.1) is 5.92 Å². The lowest BCUT2D eigenvalue weighted by Crippen LogP contribution is -2.39. The highest BCUT2D eigenvalue weighted by Crippen LogP contribution is 2.38. The summed E-state index contributed by atoms with van der Waals surface area (Å²) in [6, 6.07) is 13.5. The predicted octanol–water partition coefficient (Wildman–Crippen LogP) is 4.49. The van der Waals surface area contributed by atoms with Crippen LogP contribution in [0.15, 0.2) is 42.5 Å². The highest BCUT2D eigenvalue weighted by Gasteiger charge is 2.26. The number of rotatable bonds is 7. The van der Waals surface area contributed by atoms with Gasteiger partial charge in [-0.15, -0.1) is 0 Å². The van der Waals surface area contributed by atoms with Gasteiger partial charge >= 0.3 is 0 Å². The van der Waals surface area contributed by atoms with Crippen LogP contribution in [0.2, 0.25) is 0 Å². The molecule has 37 heavy (non-hydrogen) atoms. The molecular formula is C30H41N3O4. The maximum Gasteiger partial charge on any atom is 0.251 e. The number of carbonyl (C=O) groups excluding carboxylic acids is 1. The molecule has 1 saturated carbocycles. The van der Waals surface area contributed by atoms with E-state index in [2.05, 4.69) is 15.1 Å². The minimum atomic E-state index is -0.0200. The van der Waals surface area contributed by atoms with Crippen molar-refractivity contribution in [2.24, 2.45) is 5.92 Å². The first-order chi connectivity index (χ1) is 18.1. The largest absolute Gasteiger partial charge is 0.504 e. The number of ether oxygens (including phenoxy) is 1. The second-order valence-corrected chi connectivity index (χ2v) is 11.0. The van der Waals surface area contributed by atoms with Crippen molar-refractivity contribution in [3.63, 3.8) is 0 Å². The topological polar surface area (TPSA) is 85.3 Å². The van der Waals surface area contributed by atoms with Gasteiger partial charge in [0, 0.05) is 35.9 Å². The number of morpholine rings is 1. The standard InChI is InChI=1S/C30H41N3O4/c34-28-3-1-2-27(29(28)35)23-13-16-32(17-14-23)15-12-22-4-8-25(9-5-22)31-30(36)24-6-10-26(11-7-24)33-18-20-37-21-19-33/h1-3,6-7,10-11,22-23,25,34-35H,4-5,8-9,12-21H2,(H,31,36). The van der Waals surface area contributed by atoms with Gasteiger partial charge in [0.15, 0.2) is 11.5 Å². The number of nitrogens with zero attached hydrogens (tertiary/aromatic N) is 2. The first-order valence-electron chi connectivity index (χ1n) is 14.0. The number of anilines is 1. The molecule has 0 aromatic heterocycles. The lowest BCUT2D eigenvalue weighted by Gasteiger charge is -2.34. The Kier molecular flexibility index (Phi) is 8.52. The van der Waals surface area contributed by atoms with E-state index in [9.17, 15) is 15.0 Å². The molecule has 0 radical (unpaired) electrons. The van der Waals surface area contributed by atoms with Crippen LogP contribution >= 0.6 is 0 Å². The van der Waals surface area contributed by atoms with Crippen molar-refractivity contribution in [1.29, 1.82) is 0 Å². The minimum absolute atomic E-state index is 0.0200. The van der Waals surface area contributed by atoms with Gasteiger partial charge in [0.05, 0.1) is 13.2 Å². The molecule has 2 aromatic rings. The van der Waals surface area contributed by atoms with Gasteiger partial charge in [0.2, 0.25) is 0 Å². The molecule has 0 spiro atoms. The molecule has 200 valence electrons. The Morgan fingerprint density at radius 3 is 2.30 bits per heavy atom. The molecule has 7 nitrogen and oxygen atoms in total. The zero-order valence-electron chi connectivity index (χ0n) is 21.8. The van der Waals surface area contributed by atoms with E-state index in [1.807, 2.05) is 36.4 Å². The third kappa shape index (κ3) is 6.57.